The van der Waals surface area contributed by atoms with Crippen molar-refractivity contribution in [2.75, 3.05) is 33.5 Å². The second-order valence-electron chi connectivity index (χ2n) is 4.68. The number of hydrogen-bond acceptors (Lipinski definition) is 4. The number of hydrogen-bond donors (Lipinski definition) is 1. The van der Waals surface area contributed by atoms with Crippen molar-refractivity contribution < 1.29 is 9.47 Å². The molecule has 0 aliphatic rings. The van der Waals surface area contributed by atoms with Crippen molar-refractivity contribution in [3.05, 3.63) is 18.2 Å². The summed E-state index contributed by atoms with van der Waals surface area (Å²) in [6.07, 6.45) is 3.82. The lowest BCUT2D eigenvalue weighted by molar-refractivity contribution is 0.102. The average Bonchev–Trinajstić information content (AvgIpc) is 2.78. The Morgan fingerprint density at radius 2 is 2.22 bits per heavy atom. The Bertz CT molecular complexity index is 313. The second-order valence-corrected chi connectivity index (χ2v) is 4.68. The van der Waals surface area contributed by atoms with Gasteiger partial charge >= 0.3 is 0 Å². The first-order chi connectivity index (χ1) is 8.74. The standard InChI is InChI=1S/C13H25N3O2/c1-12(2)11-18-9-7-16-6-4-15-13(16)10-14-5-8-17-3/h4,6,12,14H,5,7-11H2,1-3H3. The summed E-state index contributed by atoms with van der Waals surface area (Å²) in [6, 6.07) is 0. The van der Waals surface area contributed by atoms with E-state index in [0.717, 1.165) is 45.3 Å². The predicted octanol–water partition coefficient (Wildman–Crippen LogP) is 1.29. The molecule has 0 bridgehead atoms. The zero-order valence-corrected chi connectivity index (χ0v) is 11.7. The van der Waals surface area contributed by atoms with Gasteiger partial charge in [0, 0.05) is 39.2 Å². The van der Waals surface area contributed by atoms with Crippen LogP contribution in [0, 0.1) is 5.92 Å². The van der Waals surface area contributed by atoms with Crippen LogP contribution in [0.3, 0.4) is 0 Å². The van der Waals surface area contributed by atoms with Gasteiger partial charge < -0.3 is 19.4 Å². The number of rotatable bonds is 10. The topological polar surface area (TPSA) is 48.3 Å². The lowest BCUT2D eigenvalue weighted by atomic mass is 10.2. The molecule has 1 N–H and O–H groups in total. The van der Waals surface area contributed by atoms with E-state index in [0.29, 0.717) is 5.92 Å². The molecule has 0 radical (unpaired) electrons. The summed E-state index contributed by atoms with van der Waals surface area (Å²) in [5.74, 6) is 1.63. The van der Waals surface area contributed by atoms with E-state index in [-0.39, 0.29) is 0 Å². The molecule has 0 saturated heterocycles. The van der Waals surface area contributed by atoms with Gasteiger partial charge in [-0.05, 0) is 5.92 Å². The minimum atomic E-state index is 0.586. The Balaban J connectivity index is 2.22. The summed E-state index contributed by atoms with van der Waals surface area (Å²) in [6.45, 7) is 9.04. The Kier molecular flexibility index (Phi) is 7.64. The van der Waals surface area contributed by atoms with Crippen molar-refractivity contribution in [1.29, 1.82) is 0 Å². The van der Waals surface area contributed by atoms with Crippen LogP contribution in [0.5, 0.6) is 0 Å². The smallest absolute Gasteiger partial charge is 0.122 e. The molecule has 18 heavy (non-hydrogen) atoms. The van der Waals surface area contributed by atoms with Crippen LogP contribution >= 0.6 is 0 Å². The molecule has 5 heteroatoms. The van der Waals surface area contributed by atoms with Crippen LogP contribution in [0.25, 0.3) is 0 Å². The molecule has 0 saturated carbocycles. The highest BCUT2D eigenvalue weighted by molar-refractivity contribution is 4.91. The number of aromatic nitrogens is 2. The van der Waals surface area contributed by atoms with E-state index in [9.17, 15) is 0 Å². The minimum absolute atomic E-state index is 0.586. The molecule has 0 aromatic carbocycles. The van der Waals surface area contributed by atoms with E-state index in [1.54, 1.807) is 7.11 Å². The molecule has 0 aliphatic heterocycles. The Morgan fingerprint density at radius 1 is 1.39 bits per heavy atom. The Hall–Kier alpha value is -0.910. The summed E-state index contributed by atoms with van der Waals surface area (Å²) in [5.41, 5.74) is 0. The van der Waals surface area contributed by atoms with Gasteiger partial charge in [-0.1, -0.05) is 13.8 Å². The number of methoxy groups -OCH3 is 1. The summed E-state index contributed by atoms with van der Waals surface area (Å²) >= 11 is 0. The van der Waals surface area contributed by atoms with Crippen molar-refractivity contribution in [1.82, 2.24) is 14.9 Å². The van der Waals surface area contributed by atoms with Crippen LogP contribution in [-0.4, -0.2) is 43.0 Å². The highest BCUT2D eigenvalue weighted by Crippen LogP contribution is 1.99. The van der Waals surface area contributed by atoms with Crippen LogP contribution in [-0.2, 0) is 22.6 Å². The first kappa shape index (κ1) is 15.1. The van der Waals surface area contributed by atoms with Crippen molar-refractivity contribution in [2.45, 2.75) is 26.9 Å². The molecule has 1 aromatic heterocycles. The fraction of sp³-hybridized carbons (Fsp3) is 0.769. The molecule has 0 spiro atoms. The van der Waals surface area contributed by atoms with Crippen molar-refractivity contribution in [3.63, 3.8) is 0 Å². The molecule has 1 rings (SSSR count). The third-order valence-corrected chi connectivity index (χ3v) is 2.50. The molecule has 1 heterocycles. The average molecular weight is 255 g/mol. The first-order valence-corrected chi connectivity index (χ1v) is 6.51. The monoisotopic (exact) mass is 255 g/mol. The van der Waals surface area contributed by atoms with Gasteiger partial charge in [0.05, 0.1) is 19.8 Å². The maximum Gasteiger partial charge on any atom is 0.122 e. The summed E-state index contributed by atoms with van der Waals surface area (Å²) in [5, 5.41) is 3.29. The van der Waals surface area contributed by atoms with Crippen LogP contribution in [0.15, 0.2) is 12.4 Å². The van der Waals surface area contributed by atoms with Crippen LogP contribution in [0.2, 0.25) is 0 Å². The van der Waals surface area contributed by atoms with Crippen LogP contribution in [0.4, 0.5) is 0 Å². The fourth-order valence-electron chi connectivity index (χ4n) is 1.57. The van der Waals surface area contributed by atoms with Crippen LogP contribution < -0.4 is 5.32 Å². The van der Waals surface area contributed by atoms with E-state index >= 15 is 0 Å². The van der Waals surface area contributed by atoms with Crippen molar-refractivity contribution in [3.8, 4) is 0 Å². The quantitative estimate of drug-likeness (QED) is 0.640. The Labute approximate surface area is 109 Å². The third-order valence-electron chi connectivity index (χ3n) is 2.50. The number of nitrogens with one attached hydrogen (secondary N) is 1. The Morgan fingerprint density at radius 3 is 2.94 bits per heavy atom. The SMILES string of the molecule is COCCNCc1nccn1CCOCC(C)C. The molecule has 0 atom stereocenters. The molecule has 0 aliphatic carbocycles. The zero-order valence-electron chi connectivity index (χ0n) is 11.7. The second kappa shape index (κ2) is 9.08. The summed E-state index contributed by atoms with van der Waals surface area (Å²) < 4.78 is 12.7. The van der Waals surface area contributed by atoms with Crippen molar-refractivity contribution >= 4 is 0 Å². The molecular formula is C13H25N3O2. The molecule has 1 aromatic rings. The first-order valence-electron chi connectivity index (χ1n) is 6.51. The molecule has 104 valence electrons. The van der Waals surface area contributed by atoms with E-state index in [1.165, 1.54) is 0 Å². The molecule has 5 nitrogen and oxygen atoms in total. The molecule has 0 fully saturated rings. The largest absolute Gasteiger partial charge is 0.383 e. The van der Waals surface area contributed by atoms with Gasteiger partial charge in [0.15, 0.2) is 0 Å². The van der Waals surface area contributed by atoms with Gasteiger partial charge in [0.2, 0.25) is 0 Å². The van der Waals surface area contributed by atoms with Crippen LogP contribution in [0.1, 0.15) is 19.7 Å². The van der Waals surface area contributed by atoms with E-state index in [4.69, 9.17) is 9.47 Å². The maximum absolute atomic E-state index is 5.58. The molecule has 0 amide bonds. The van der Waals surface area contributed by atoms with Gasteiger partial charge in [0.1, 0.15) is 5.82 Å². The summed E-state index contributed by atoms with van der Waals surface area (Å²) in [7, 11) is 1.70. The predicted molar refractivity (Wildman–Crippen MR) is 71.5 cm³/mol. The lowest BCUT2D eigenvalue weighted by Crippen LogP contribution is -2.21. The summed E-state index contributed by atoms with van der Waals surface area (Å²) in [4.78, 5) is 4.33. The van der Waals surface area contributed by atoms with Gasteiger partial charge in [-0.25, -0.2) is 4.98 Å². The number of ether oxygens (including phenoxy) is 2. The number of imidazole rings is 1. The normalized spacial score (nSPS) is 11.3. The van der Waals surface area contributed by atoms with Gasteiger partial charge in [-0.2, -0.15) is 0 Å². The van der Waals surface area contributed by atoms with Gasteiger partial charge in [-0.3, -0.25) is 0 Å². The maximum atomic E-state index is 5.58. The number of nitrogens with zero attached hydrogens (tertiary/aromatic N) is 2. The van der Waals surface area contributed by atoms with E-state index in [1.807, 2.05) is 12.4 Å². The van der Waals surface area contributed by atoms with E-state index in [2.05, 4.69) is 28.7 Å². The van der Waals surface area contributed by atoms with E-state index < -0.39 is 0 Å². The lowest BCUT2D eigenvalue weighted by Gasteiger charge is -2.10. The molecule has 0 unspecified atom stereocenters. The minimum Gasteiger partial charge on any atom is -0.383 e. The third kappa shape index (κ3) is 6.14. The van der Waals surface area contributed by atoms with Crippen molar-refractivity contribution in [2.24, 2.45) is 5.92 Å². The highest BCUT2D eigenvalue weighted by atomic mass is 16.5. The zero-order chi connectivity index (χ0) is 13.2. The van der Waals surface area contributed by atoms with Gasteiger partial charge in [-0.15, -0.1) is 0 Å². The highest BCUT2D eigenvalue weighted by Gasteiger charge is 2.02. The fourth-order valence-corrected chi connectivity index (χ4v) is 1.57. The van der Waals surface area contributed by atoms with Gasteiger partial charge in [0.25, 0.3) is 0 Å². The molecular weight excluding hydrogens is 230 g/mol.